The van der Waals surface area contributed by atoms with E-state index in [0.29, 0.717) is 11.7 Å². The summed E-state index contributed by atoms with van der Waals surface area (Å²) in [6.07, 6.45) is 4.42. The molecule has 2 rings (SSSR count). The van der Waals surface area contributed by atoms with Crippen molar-refractivity contribution in [2.24, 2.45) is 11.7 Å². The van der Waals surface area contributed by atoms with Crippen LogP contribution in [0.25, 0.3) is 0 Å². The molecule has 3 N–H and O–H groups in total. The van der Waals surface area contributed by atoms with Crippen molar-refractivity contribution >= 4 is 0 Å². The molecule has 1 aliphatic carbocycles. The van der Waals surface area contributed by atoms with E-state index in [-0.39, 0.29) is 5.54 Å². The molecular weight excluding hydrogens is 166 g/mol. The lowest BCUT2D eigenvalue weighted by Gasteiger charge is -2.26. The second kappa shape index (κ2) is 3.06. The van der Waals surface area contributed by atoms with Gasteiger partial charge in [0.15, 0.2) is 5.82 Å². The number of hydrogen-bond donors (Lipinski definition) is 2. The first kappa shape index (κ1) is 8.62. The Hall–Kier alpha value is -0.970. The highest BCUT2D eigenvalue weighted by molar-refractivity contribution is 5.07. The van der Waals surface area contributed by atoms with Gasteiger partial charge in [-0.25, -0.2) is 0 Å². The largest absolute Gasteiger partial charge is 0.318 e. The minimum Gasteiger partial charge on any atom is -0.318 e. The predicted octanol–water partition coefficient (Wildman–Crippen LogP) is 0.564. The highest BCUT2D eigenvalue weighted by Crippen LogP contribution is 2.41. The SMILES string of the molecule is CCC1CCCC1(N)c1nn[nH]n1. The zero-order valence-electron chi connectivity index (χ0n) is 7.82. The van der Waals surface area contributed by atoms with Gasteiger partial charge in [-0.2, -0.15) is 5.21 Å². The highest BCUT2D eigenvalue weighted by atomic mass is 15.5. The molecular formula is C8H15N5. The molecule has 1 aromatic rings. The zero-order chi connectivity index (χ0) is 9.31. The van der Waals surface area contributed by atoms with E-state index in [1.807, 2.05) is 0 Å². The van der Waals surface area contributed by atoms with E-state index >= 15 is 0 Å². The standard InChI is InChI=1S/C8H15N5/c1-2-6-4-3-5-8(6,9)7-10-12-13-11-7/h6H,2-5,9H2,1H3,(H,10,11,12,13). The minimum absolute atomic E-state index is 0.332. The van der Waals surface area contributed by atoms with E-state index in [0.717, 1.165) is 12.8 Å². The zero-order valence-corrected chi connectivity index (χ0v) is 7.82. The van der Waals surface area contributed by atoms with Crippen LogP contribution in [0.15, 0.2) is 0 Å². The monoisotopic (exact) mass is 181 g/mol. The third-order valence-corrected chi connectivity index (χ3v) is 3.13. The molecule has 1 saturated carbocycles. The lowest BCUT2D eigenvalue weighted by molar-refractivity contribution is 0.298. The Morgan fingerprint density at radius 1 is 1.69 bits per heavy atom. The van der Waals surface area contributed by atoms with Crippen LogP contribution in [0.3, 0.4) is 0 Å². The molecule has 13 heavy (non-hydrogen) atoms. The molecule has 1 fully saturated rings. The molecule has 2 unspecified atom stereocenters. The molecule has 0 saturated heterocycles. The number of rotatable bonds is 2. The van der Waals surface area contributed by atoms with Crippen molar-refractivity contribution < 1.29 is 0 Å². The van der Waals surface area contributed by atoms with Gasteiger partial charge in [-0.3, -0.25) is 0 Å². The summed E-state index contributed by atoms with van der Waals surface area (Å²) in [5, 5.41) is 14.0. The number of nitrogens with one attached hydrogen (secondary N) is 1. The van der Waals surface area contributed by atoms with Crippen LogP contribution < -0.4 is 5.73 Å². The van der Waals surface area contributed by atoms with Crippen LogP contribution in [0.5, 0.6) is 0 Å². The molecule has 1 heterocycles. The van der Waals surface area contributed by atoms with E-state index in [4.69, 9.17) is 5.73 Å². The van der Waals surface area contributed by atoms with Gasteiger partial charge in [0.25, 0.3) is 0 Å². The van der Waals surface area contributed by atoms with Gasteiger partial charge in [-0.05, 0) is 18.8 Å². The second-order valence-electron chi connectivity index (χ2n) is 3.77. The fourth-order valence-electron chi connectivity index (χ4n) is 2.32. The van der Waals surface area contributed by atoms with Gasteiger partial charge in [-0.1, -0.05) is 25.0 Å². The summed E-state index contributed by atoms with van der Waals surface area (Å²) in [4.78, 5) is 0. The number of H-pyrrole nitrogens is 1. The smallest absolute Gasteiger partial charge is 0.194 e. The summed E-state index contributed by atoms with van der Waals surface area (Å²) < 4.78 is 0. The van der Waals surface area contributed by atoms with Crippen LogP contribution >= 0.6 is 0 Å². The van der Waals surface area contributed by atoms with Crippen LogP contribution in [0.1, 0.15) is 38.4 Å². The van der Waals surface area contributed by atoms with Crippen molar-refractivity contribution in [3.05, 3.63) is 5.82 Å². The number of tetrazole rings is 1. The predicted molar refractivity (Wildman–Crippen MR) is 47.7 cm³/mol. The highest BCUT2D eigenvalue weighted by Gasteiger charge is 2.42. The number of aromatic amines is 1. The van der Waals surface area contributed by atoms with E-state index in [1.165, 1.54) is 12.8 Å². The lowest BCUT2D eigenvalue weighted by Crippen LogP contribution is -2.41. The minimum atomic E-state index is -0.332. The molecule has 1 aromatic heterocycles. The van der Waals surface area contributed by atoms with Gasteiger partial charge in [0.1, 0.15) is 0 Å². The van der Waals surface area contributed by atoms with E-state index in [1.54, 1.807) is 0 Å². The van der Waals surface area contributed by atoms with E-state index < -0.39 is 0 Å². The summed E-state index contributed by atoms with van der Waals surface area (Å²) in [6, 6.07) is 0. The van der Waals surface area contributed by atoms with Crippen molar-refractivity contribution in [3.8, 4) is 0 Å². The molecule has 5 heteroatoms. The maximum absolute atomic E-state index is 6.29. The second-order valence-corrected chi connectivity index (χ2v) is 3.77. The first-order valence-electron chi connectivity index (χ1n) is 4.80. The Morgan fingerprint density at radius 3 is 3.15 bits per heavy atom. The molecule has 2 atom stereocenters. The molecule has 0 radical (unpaired) electrons. The Kier molecular flexibility index (Phi) is 2.03. The average molecular weight is 181 g/mol. The molecule has 0 spiro atoms. The molecule has 5 nitrogen and oxygen atoms in total. The summed E-state index contributed by atoms with van der Waals surface area (Å²) in [7, 11) is 0. The summed E-state index contributed by atoms with van der Waals surface area (Å²) in [5.41, 5.74) is 5.96. The maximum atomic E-state index is 6.29. The van der Waals surface area contributed by atoms with Gasteiger partial charge in [0.2, 0.25) is 0 Å². The number of nitrogens with two attached hydrogens (primary N) is 1. The van der Waals surface area contributed by atoms with Crippen molar-refractivity contribution in [3.63, 3.8) is 0 Å². The van der Waals surface area contributed by atoms with Crippen LogP contribution in [0.4, 0.5) is 0 Å². The Bertz CT molecular complexity index is 270. The van der Waals surface area contributed by atoms with Crippen LogP contribution in [-0.2, 0) is 5.54 Å². The summed E-state index contributed by atoms with van der Waals surface area (Å²) in [5.74, 6) is 1.18. The Balaban J connectivity index is 2.29. The topological polar surface area (TPSA) is 80.5 Å². The average Bonchev–Trinajstić information content (AvgIpc) is 2.72. The molecule has 72 valence electrons. The molecule has 1 aliphatic rings. The van der Waals surface area contributed by atoms with Crippen LogP contribution in [0.2, 0.25) is 0 Å². The third kappa shape index (κ3) is 1.23. The first-order valence-corrected chi connectivity index (χ1v) is 4.80. The van der Waals surface area contributed by atoms with Crippen molar-refractivity contribution in [2.75, 3.05) is 0 Å². The van der Waals surface area contributed by atoms with Crippen molar-refractivity contribution in [2.45, 2.75) is 38.1 Å². The molecule has 0 amide bonds. The Morgan fingerprint density at radius 2 is 2.54 bits per heavy atom. The quantitative estimate of drug-likeness (QED) is 0.698. The number of hydrogen-bond acceptors (Lipinski definition) is 4. The van der Waals surface area contributed by atoms with Gasteiger partial charge < -0.3 is 5.73 Å². The van der Waals surface area contributed by atoms with Gasteiger partial charge in [-0.15, -0.1) is 10.2 Å². The van der Waals surface area contributed by atoms with E-state index in [2.05, 4.69) is 27.5 Å². The fraction of sp³-hybridized carbons (Fsp3) is 0.875. The van der Waals surface area contributed by atoms with Gasteiger partial charge >= 0.3 is 0 Å². The van der Waals surface area contributed by atoms with E-state index in [9.17, 15) is 0 Å². The normalized spacial score (nSPS) is 33.8. The van der Waals surface area contributed by atoms with Gasteiger partial charge in [0, 0.05) is 0 Å². The summed E-state index contributed by atoms with van der Waals surface area (Å²) >= 11 is 0. The Labute approximate surface area is 77.1 Å². The summed E-state index contributed by atoms with van der Waals surface area (Å²) in [6.45, 7) is 2.16. The molecule has 0 aliphatic heterocycles. The molecule has 0 bridgehead atoms. The van der Waals surface area contributed by atoms with Crippen molar-refractivity contribution in [1.29, 1.82) is 0 Å². The van der Waals surface area contributed by atoms with Crippen LogP contribution in [0, 0.1) is 5.92 Å². The van der Waals surface area contributed by atoms with Crippen LogP contribution in [-0.4, -0.2) is 20.6 Å². The van der Waals surface area contributed by atoms with Gasteiger partial charge in [0.05, 0.1) is 5.54 Å². The lowest BCUT2D eigenvalue weighted by atomic mass is 9.85. The number of aromatic nitrogens is 4. The fourth-order valence-corrected chi connectivity index (χ4v) is 2.32. The first-order chi connectivity index (χ1) is 6.27. The number of nitrogens with zero attached hydrogens (tertiary/aromatic N) is 3. The third-order valence-electron chi connectivity index (χ3n) is 3.13. The van der Waals surface area contributed by atoms with Crippen molar-refractivity contribution in [1.82, 2.24) is 20.6 Å². The molecule has 0 aromatic carbocycles. The maximum Gasteiger partial charge on any atom is 0.194 e.